The first-order valence-electron chi connectivity index (χ1n) is 6.33. The fourth-order valence-corrected chi connectivity index (χ4v) is 2.37. The number of halogens is 4. The monoisotopic (exact) mass is 314 g/mol. The molecule has 0 fully saturated rings. The van der Waals surface area contributed by atoms with Crippen molar-refractivity contribution < 1.29 is 18.3 Å². The first-order valence-corrected chi connectivity index (χ1v) is 6.71. The molecule has 0 amide bonds. The zero-order valence-corrected chi connectivity index (χ0v) is 12.0. The Balaban J connectivity index is 2.28. The summed E-state index contributed by atoms with van der Waals surface area (Å²) >= 11 is 5.88. The Hall–Kier alpha value is -1.52. The molecule has 0 aliphatic rings. The van der Waals surface area contributed by atoms with E-state index in [0.717, 1.165) is 12.1 Å². The maximum absolute atomic E-state index is 12.7. The molecule has 0 saturated carbocycles. The van der Waals surface area contributed by atoms with E-state index in [1.807, 2.05) is 0 Å². The first kappa shape index (κ1) is 15.9. The lowest BCUT2D eigenvalue weighted by atomic mass is 9.88. The molecular weight excluding hydrogens is 301 g/mol. The minimum Gasteiger partial charge on any atom is -0.385 e. The van der Waals surface area contributed by atoms with Crippen LogP contribution in [0.25, 0.3) is 0 Å². The summed E-state index contributed by atoms with van der Waals surface area (Å²) in [4.78, 5) is 0. The van der Waals surface area contributed by atoms with Crippen LogP contribution in [0.3, 0.4) is 0 Å². The molecule has 2 aromatic rings. The van der Waals surface area contributed by atoms with Crippen LogP contribution in [0.2, 0.25) is 5.02 Å². The molecule has 5 heteroatoms. The highest BCUT2D eigenvalue weighted by Gasteiger charge is 2.31. The Labute approximate surface area is 126 Å². The molecule has 0 saturated heterocycles. The molecular formula is C16H14ClF3O. The average Bonchev–Trinajstić information content (AvgIpc) is 2.37. The highest BCUT2D eigenvalue weighted by molar-refractivity contribution is 6.30. The zero-order chi connectivity index (χ0) is 15.7. The first-order chi connectivity index (χ1) is 9.68. The van der Waals surface area contributed by atoms with Gasteiger partial charge in [-0.3, -0.25) is 0 Å². The molecule has 1 nitrogen and oxygen atoms in total. The minimum absolute atomic E-state index is 0.0667. The van der Waals surface area contributed by atoms with Crippen molar-refractivity contribution in [2.24, 2.45) is 0 Å². The molecule has 1 atom stereocenters. The molecule has 1 N–H and O–H groups in total. The lowest BCUT2D eigenvalue weighted by Gasteiger charge is -2.24. The van der Waals surface area contributed by atoms with E-state index in [2.05, 4.69) is 0 Å². The van der Waals surface area contributed by atoms with Gasteiger partial charge in [0.15, 0.2) is 0 Å². The number of hydrogen-bond acceptors (Lipinski definition) is 1. The van der Waals surface area contributed by atoms with Crippen LogP contribution in [-0.4, -0.2) is 5.11 Å². The second kappa shape index (κ2) is 5.70. The summed E-state index contributed by atoms with van der Waals surface area (Å²) in [5.41, 5.74) is -1.04. The fourth-order valence-electron chi connectivity index (χ4n) is 2.18. The number of benzene rings is 2. The molecule has 0 aliphatic carbocycles. The van der Waals surface area contributed by atoms with Gasteiger partial charge in [-0.15, -0.1) is 0 Å². The summed E-state index contributed by atoms with van der Waals surface area (Å²) < 4.78 is 38.1. The Morgan fingerprint density at radius 2 is 1.62 bits per heavy atom. The van der Waals surface area contributed by atoms with Crippen LogP contribution < -0.4 is 0 Å². The summed E-state index contributed by atoms with van der Waals surface area (Å²) in [5.74, 6) is 0. The van der Waals surface area contributed by atoms with Gasteiger partial charge in [0.1, 0.15) is 0 Å². The van der Waals surface area contributed by atoms with Gasteiger partial charge in [0.2, 0.25) is 0 Å². The number of alkyl halides is 3. The molecule has 1 unspecified atom stereocenters. The number of aliphatic hydroxyl groups is 1. The normalized spacial score (nSPS) is 14.8. The molecule has 0 spiro atoms. The molecule has 0 aliphatic heterocycles. The lowest BCUT2D eigenvalue weighted by molar-refractivity contribution is -0.137. The second-order valence-electron chi connectivity index (χ2n) is 5.16. The molecule has 0 radical (unpaired) electrons. The zero-order valence-electron chi connectivity index (χ0n) is 11.3. The van der Waals surface area contributed by atoms with Crippen molar-refractivity contribution >= 4 is 11.6 Å². The molecule has 2 aromatic carbocycles. The van der Waals surface area contributed by atoms with Crippen LogP contribution in [-0.2, 0) is 18.2 Å². The Bertz CT molecular complexity index is 635. The van der Waals surface area contributed by atoms with E-state index < -0.39 is 17.3 Å². The largest absolute Gasteiger partial charge is 0.416 e. The smallest absolute Gasteiger partial charge is 0.385 e. The molecule has 2 rings (SSSR count). The van der Waals surface area contributed by atoms with E-state index in [-0.39, 0.29) is 6.42 Å². The summed E-state index contributed by atoms with van der Waals surface area (Å²) in [5, 5.41) is 11.0. The van der Waals surface area contributed by atoms with E-state index in [1.165, 1.54) is 6.07 Å². The highest BCUT2D eigenvalue weighted by Crippen LogP contribution is 2.32. The maximum Gasteiger partial charge on any atom is 0.416 e. The van der Waals surface area contributed by atoms with Crippen molar-refractivity contribution in [3.8, 4) is 0 Å². The van der Waals surface area contributed by atoms with Crippen LogP contribution in [0.4, 0.5) is 13.2 Å². The van der Waals surface area contributed by atoms with Crippen LogP contribution in [0.5, 0.6) is 0 Å². The van der Waals surface area contributed by atoms with Gasteiger partial charge in [-0.25, -0.2) is 0 Å². The van der Waals surface area contributed by atoms with Crippen molar-refractivity contribution in [2.45, 2.75) is 25.1 Å². The van der Waals surface area contributed by atoms with E-state index in [9.17, 15) is 18.3 Å². The van der Waals surface area contributed by atoms with Crippen LogP contribution in [0, 0.1) is 0 Å². The number of rotatable bonds is 3. The van der Waals surface area contributed by atoms with Crippen molar-refractivity contribution in [3.63, 3.8) is 0 Å². The topological polar surface area (TPSA) is 20.2 Å². The quantitative estimate of drug-likeness (QED) is 0.862. The van der Waals surface area contributed by atoms with Crippen molar-refractivity contribution in [2.75, 3.05) is 0 Å². The average molecular weight is 315 g/mol. The second-order valence-corrected chi connectivity index (χ2v) is 5.60. The molecule has 0 bridgehead atoms. The maximum atomic E-state index is 12.7. The van der Waals surface area contributed by atoms with Crippen molar-refractivity contribution in [3.05, 3.63) is 70.2 Å². The van der Waals surface area contributed by atoms with E-state index in [4.69, 9.17) is 11.6 Å². The predicted octanol–water partition coefficient (Wildman–Crippen LogP) is 4.81. The lowest BCUT2D eigenvalue weighted by Crippen LogP contribution is -2.24. The van der Waals surface area contributed by atoms with Crippen LogP contribution in [0.1, 0.15) is 23.6 Å². The Morgan fingerprint density at radius 3 is 2.24 bits per heavy atom. The molecule has 0 aromatic heterocycles. The summed E-state index contributed by atoms with van der Waals surface area (Å²) in [6, 6.07) is 11.6. The van der Waals surface area contributed by atoms with Gasteiger partial charge in [0.25, 0.3) is 0 Å². The standard InChI is InChI=1S/C16H14ClF3O/c1-15(21,12-5-3-7-14(17)9-12)10-11-4-2-6-13(8-11)16(18,19)20/h2-9,21H,10H2,1H3. The van der Waals surface area contributed by atoms with Gasteiger partial charge < -0.3 is 5.11 Å². The Kier molecular flexibility index (Phi) is 4.30. The van der Waals surface area contributed by atoms with Gasteiger partial charge in [-0.05, 0) is 36.2 Å². The van der Waals surface area contributed by atoms with Gasteiger partial charge >= 0.3 is 6.18 Å². The summed E-state index contributed by atoms with van der Waals surface area (Å²) in [7, 11) is 0. The third-order valence-electron chi connectivity index (χ3n) is 3.25. The third-order valence-corrected chi connectivity index (χ3v) is 3.48. The SMILES string of the molecule is CC(O)(Cc1cccc(C(F)(F)F)c1)c1cccc(Cl)c1. The highest BCUT2D eigenvalue weighted by atomic mass is 35.5. The minimum atomic E-state index is -4.39. The van der Waals surface area contributed by atoms with Crippen LogP contribution >= 0.6 is 11.6 Å². The summed E-state index contributed by atoms with van der Waals surface area (Å²) in [6.45, 7) is 1.55. The van der Waals surface area contributed by atoms with Gasteiger partial charge in [-0.1, -0.05) is 41.9 Å². The van der Waals surface area contributed by atoms with Gasteiger partial charge in [0, 0.05) is 11.4 Å². The third kappa shape index (κ3) is 3.99. The van der Waals surface area contributed by atoms with E-state index in [1.54, 1.807) is 37.3 Å². The van der Waals surface area contributed by atoms with E-state index >= 15 is 0 Å². The fraction of sp³-hybridized carbons (Fsp3) is 0.250. The van der Waals surface area contributed by atoms with Crippen molar-refractivity contribution in [1.29, 1.82) is 0 Å². The molecule has 0 heterocycles. The van der Waals surface area contributed by atoms with Gasteiger partial charge in [0.05, 0.1) is 11.2 Å². The molecule has 112 valence electrons. The molecule has 21 heavy (non-hydrogen) atoms. The predicted molar refractivity (Wildman–Crippen MR) is 76.2 cm³/mol. The summed E-state index contributed by atoms with van der Waals surface area (Å²) in [6.07, 6.45) is -4.32. The van der Waals surface area contributed by atoms with Crippen molar-refractivity contribution in [1.82, 2.24) is 0 Å². The van der Waals surface area contributed by atoms with Gasteiger partial charge in [-0.2, -0.15) is 13.2 Å². The number of hydrogen-bond donors (Lipinski definition) is 1. The van der Waals surface area contributed by atoms with E-state index in [0.29, 0.717) is 16.1 Å². The Morgan fingerprint density at radius 1 is 1.00 bits per heavy atom. The van der Waals surface area contributed by atoms with Crippen LogP contribution in [0.15, 0.2) is 48.5 Å².